The molecule has 0 aliphatic heterocycles. The second kappa shape index (κ2) is 3.21. The SMILES string of the molecule is Cc1cnn(C)c1SC(F)F. The lowest BCUT2D eigenvalue weighted by Crippen LogP contribution is -1.94. The van der Waals surface area contributed by atoms with E-state index in [2.05, 4.69) is 5.10 Å². The molecule has 0 saturated carbocycles. The van der Waals surface area contributed by atoms with Crippen LogP contribution in [0.1, 0.15) is 5.56 Å². The topological polar surface area (TPSA) is 17.8 Å². The Morgan fingerprint density at radius 3 is 2.64 bits per heavy atom. The predicted molar refractivity (Wildman–Crippen MR) is 39.8 cm³/mol. The minimum atomic E-state index is -2.37. The molecule has 0 fully saturated rings. The van der Waals surface area contributed by atoms with E-state index < -0.39 is 5.76 Å². The number of hydrogen-bond acceptors (Lipinski definition) is 2. The summed E-state index contributed by atoms with van der Waals surface area (Å²) in [7, 11) is 1.65. The molecule has 0 aromatic carbocycles. The summed E-state index contributed by atoms with van der Waals surface area (Å²) >= 11 is 0.525. The Kier molecular flexibility index (Phi) is 2.49. The zero-order chi connectivity index (χ0) is 8.43. The van der Waals surface area contributed by atoms with Crippen LogP contribution >= 0.6 is 11.8 Å². The highest BCUT2D eigenvalue weighted by atomic mass is 32.2. The van der Waals surface area contributed by atoms with Crippen LogP contribution in [0, 0.1) is 6.92 Å². The van der Waals surface area contributed by atoms with Crippen molar-refractivity contribution in [3.63, 3.8) is 0 Å². The summed E-state index contributed by atoms with van der Waals surface area (Å²) in [5.41, 5.74) is 0.790. The van der Waals surface area contributed by atoms with Crippen molar-refractivity contribution >= 4 is 11.8 Å². The van der Waals surface area contributed by atoms with Crippen LogP contribution in [-0.2, 0) is 7.05 Å². The number of rotatable bonds is 2. The van der Waals surface area contributed by atoms with Crippen molar-refractivity contribution in [2.24, 2.45) is 7.05 Å². The van der Waals surface area contributed by atoms with Gasteiger partial charge in [-0.2, -0.15) is 13.9 Å². The number of alkyl halides is 2. The number of aryl methyl sites for hydroxylation is 2. The standard InChI is InChI=1S/C6H8F2N2S/c1-4-3-9-10(2)5(4)11-6(7)8/h3,6H,1-2H3. The molecule has 62 valence electrons. The maximum Gasteiger partial charge on any atom is 0.290 e. The first kappa shape index (κ1) is 8.52. The summed E-state index contributed by atoms with van der Waals surface area (Å²) in [6, 6.07) is 0. The highest BCUT2D eigenvalue weighted by Crippen LogP contribution is 2.26. The lowest BCUT2D eigenvalue weighted by molar-refractivity contribution is 0.251. The molecule has 0 spiro atoms. The van der Waals surface area contributed by atoms with Crippen LogP contribution in [0.5, 0.6) is 0 Å². The van der Waals surface area contributed by atoms with Gasteiger partial charge >= 0.3 is 0 Å². The summed E-state index contributed by atoms with van der Waals surface area (Å²) in [6.07, 6.45) is 1.57. The maximum atomic E-state index is 11.9. The van der Waals surface area contributed by atoms with E-state index in [0.29, 0.717) is 16.8 Å². The molecule has 0 atom stereocenters. The van der Waals surface area contributed by atoms with E-state index in [9.17, 15) is 8.78 Å². The molecule has 1 aromatic heterocycles. The molecule has 0 amide bonds. The van der Waals surface area contributed by atoms with Crippen molar-refractivity contribution in [2.45, 2.75) is 17.7 Å². The quantitative estimate of drug-likeness (QED) is 0.645. The van der Waals surface area contributed by atoms with E-state index in [1.807, 2.05) is 0 Å². The van der Waals surface area contributed by atoms with E-state index in [1.165, 1.54) is 4.68 Å². The Labute approximate surface area is 67.6 Å². The highest BCUT2D eigenvalue weighted by Gasteiger charge is 2.11. The zero-order valence-corrected chi connectivity index (χ0v) is 7.03. The first-order valence-corrected chi connectivity index (χ1v) is 3.92. The van der Waals surface area contributed by atoms with Crippen LogP contribution in [0.25, 0.3) is 0 Å². The molecule has 0 bridgehead atoms. The van der Waals surface area contributed by atoms with Crippen LogP contribution in [0.3, 0.4) is 0 Å². The average Bonchev–Trinajstić information content (AvgIpc) is 2.18. The molecular weight excluding hydrogens is 170 g/mol. The molecule has 11 heavy (non-hydrogen) atoms. The number of nitrogens with zero attached hydrogens (tertiary/aromatic N) is 2. The minimum Gasteiger partial charge on any atom is -0.262 e. The second-order valence-corrected chi connectivity index (χ2v) is 3.11. The molecule has 0 N–H and O–H groups in total. The van der Waals surface area contributed by atoms with Gasteiger partial charge in [0.1, 0.15) is 5.03 Å². The van der Waals surface area contributed by atoms with Crippen LogP contribution in [-0.4, -0.2) is 15.5 Å². The Balaban J connectivity index is 2.83. The third kappa shape index (κ3) is 1.92. The van der Waals surface area contributed by atoms with Gasteiger partial charge in [0.2, 0.25) is 0 Å². The Morgan fingerprint density at radius 2 is 2.27 bits per heavy atom. The zero-order valence-electron chi connectivity index (χ0n) is 6.21. The lowest BCUT2D eigenvalue weighted by atomic mass is 10.4. The first-order valence-electron chi connectivity index (χ1n) is 3.04. The van der Waals surface area contributed by atoms with E-state index in [-0.39, 0.29) is 0 Å². The molecule has 0 aliphatic rings. The van der Waals surface area contributed by atoms with Crippen molar-refractivity contribution in [1.82, 2.24) is 9.78 Å². The summed E-state index contributed by atoms with van der Waals surface area (Å²) < 4.78 is 25.2. The van der Waals surface area contributed by atoms with Gasteiger partial charge in [0.25, 0.3) is 5.76 Å². The molecule has 0 unspecified atom stereocenters. The Bertz CT molecular complexity index is 227. The van der Waals surface area contributed by atoms with Crippen molar-refractivity contribution < 1.29 is 8.78 Å². The molecule has 0 radical (unpaired) electrons. The smallest absolute Gasteiger partial charge is 0.262 e. The van der Waals surface area contributed by atoms with E-state index in [4.69, 9.17) is 0 Å². The molecule has 1 aromatic rings. The first-order chi connectivity index (χ1) is 5.11. The van der Waals surface area contributed by atoms with E-state index >= 15 is 0 Å². The second-order valence-electron chi connectivity index (χ2n) is 2.13. The minimum absolute atomic E-state index is 0.525. The van der Waals surface area contributed by atoms with Crippen molar-refractivity contribution in [1.29, 1.82) is 0 Å². The lowest BCUT2D eigenvalue weighted by Gasteiger charge is -2.00. The molecule has 0 saturated heterocycles. The van der Waals surface area contributed by atoms with Crippen LogP contribution < -0.4 is 0 Å². The van der Waals surface area contributed by atoms with Gasteiger partial charge < -0.3 is 0 Å². The number of aromatic nitrogens is 2. The van der Waals surface area contributed by atoms with Gasteiger partial charge in [0.05, 0.1) is 6.20 Å². The van der Waals surface area contributed by atoms with E-state index in [1.54, 1.807) is 20.2 Å². The van der Waals surface area contributed by atoms with Gasteiger partial charge in [-0.25, -0.2) is 0 Å². The highest BCUT2D eigenvalue weighted by molar-refractivity contribution is 7.99. The fraction of sp³-hybridized carbons (Fsp3) is 0.500. The van der Waals surface area contributed by atoms with Gasteiger partial charge in [-0.05, 0) is 18.7 Å². The Hall–Kier alpha value is -0.580. The van der Waals surface area contributed by atoms with Gasteiger partial charge in [-0.15, -0.1) is 0 Å². The fourth-order valence-corrected chi connectivity index (χ4v) is 1.40. The normalized spacial score (nSPS) is 11.0. The summed E-state index contributed by atoms with van der Waals surface area (Å²) in [5.74, 6) is -2.37. The molecule has 2 nitrogen and oxygen atoms in total. The van der Waals surface area contributed by atoms with Gasteiger partial charge in [0, 0.05) is 12.6 Å². The maximum absolute atomic E-state index is 11.9. The summed E-state index contributed by atoms with van der Waals surface area (Å²) in [6.45, 7) is 1.76. The molecular formula is C6H8F2N2S. The number of hydrogen-bond donors (Lipinski definition) is 0. The fourth-order valence-electron chi connectivity index (χ4n) is 0.790. The van der Waals surface area contributed by atoms with E-state index in [0.717, 1.165) is 5.56 Å². The largest absolute Gasteiger partial charge is 0.290 e. The molecule has 0 aliphatic carbocycles. The predicted octanol–water partition coefficient (Wildman–Crippen LogP) is 2.04. The van der Waals surface area contributed by atoms with Gasteiger partial charge in [0.15, 0.2) is 0 Å². The number of halogens is 2. The van der Waals surface area contributed by atoms with Crippen LogP contribution in [0.15, 0.2) is 11.2 Å². The third-order valence-electron chi connectivity index (χ3n) is 1.26. The Morgan fingerprint density at radius 1 is 1.64 bits per heavy atom. The van der Waals surface area contributed by atoms with Crippen molar-refractivity contribution in [2.75, 3.05) is 0 Å². The van der Waals surface area contributed by atoms with Crippen LogP contribution in [0.2, 0.25) is 0 Å². The number of thioether (sulfide) groups is 1. The summed E-state index contributed by atoms with van der Waals surface area (Å²) in [5, 5.41) is 4.36. The monoisotopic (exact) mass is 178 g/mol. The van der Waals surface area contributed by atoms with Crippen molar-refractivity contribution in [3.8, 4) is 0 Å². The average molecular weight is 178 g/mol. The summed E-state index contributed by atoms with van der Waals surface area (Å²) in [4.78, 5) is 0. The molecule has 1 rings (SSSR count). The van der Waals surface area contributed by atoms with Crippen molar-refractivity contribution in [3.05, 3.63) is 11.8 Å². The third-order valence-corrected chi connectivity index (χ3v) is 2.24. The molecule has 1 heterocycles. The molecule has 5 heteroatoms. The van der Waals surface area contributed by atoms with Gasteiger partial charge in [-0.3, -0.25) is 4.68 Å². The van der Waals surface area contributed by atoms with Crippen LogP contribution in [0.4, 0.5) is 8.78 Å². The van der Waals surface area contributed by atoms with Gasteiger partial charge in [-0.1, -0.05) is 0 Å².